The van der Waals surface area contributed by atoms with Gasteiger partial charge in [0.1, 0.15) is 0 Å². The number of benzene rings is 1. The molecule has 0 spiro atoms. The maximum atomic E-state index is 11.6. The van der Waals surface area contributed by atoms with Gasteiger partial charge in [-0.15, -0.1) is 0 Å². The van der Waals surface area contributed by atoms with E-state index >= 15 is 0 Å². The molecule has 1 heterocycles. The molecule has 5 heteroatoms. The molecular weight excluding hydrogens is 262 g/mol. The second-order valence-electron chi connectivity index (χ2n) is 5.47. The Labute approximate surface area is 114 Å². The third kappa shape index (κ3) is 2.76. The molecule has 19 heavy (non-hydrogen) atoms. The van der Waals surface area contributed by atoms with E-state index in [-0.39, 0.29) is 5.41 Å². The molecule has 0 bridgehead atoms. The van der Waals surface area contributed by atoms with Gasteiger partial charge in [0, 0.05) is 18.5 Å². The van der Waals surface area contributed by atoms with Crippen LogP contribution in [-0.4, -0.2) is 32.6 Å². The number of nitrogens with zero attached hydrogens (tertiary/aromatic N) is 1. The summed E-state index contributed by atoms with van der Waals surface area (Å²) in [5, 5.41) is 0. The smallest absolute Gasteiger partial charge is 0.234 e. The van der Waals surface area contributed by atoms with Gasteiger partial charge >= 0.3 is 0 Å². The van der Waals surface area contributed by atoms with Gasteiger partial charge in [0.15, 0.2) is 0 Å². The van der Waals surface area contributed by atoms with E-state index in [1.165, 1.54) is 17.6 Å². The number of fused-ring (bicyclic) bond motifs is 1. The lowest BCUT2D eigenvalue weighted by atomic mass is 9.83. The lowest BCUT2D eigenvalue weighted by Gasteiger charge is -2.26. The number of hydrogen-bond acceptors (Lipinski definition) is 3. The van der Waals surface area contributed by atoms with Crippen molar-refractivity contribution in [1.82, 2.24) is 4.31 Å². The molecule has 104 valence electrons. The van der Waals surface area contributed by atoms with Crippen molar-refractivity contribution in [2.24, 2.45) is 0 Å². The first-order valence-electron chi connectivity index (χ1n) is 6.10. The van der Waals surface area contributed by atoms with Crippen LogP contribution in [0.3, 0.4) is 0 Å². The van der Waals surface area contributed by atoms with Crippen LogP contribution in [0.1, 0.15) is 25.0 Å². The number of ether oxygens (including phenoxy) is 1. The zero-order chi connectivity index (χ0) is 14.3. The molecule has 1 aliphatic heterocycles. The first kappa shape index (κ1) is 13.9. The Bertz CT molecular complexity index is 617. The first-order chi connectivity index (χ1) is 8.72. The van der Waals surface area contributed by atoms with Crippen LogP contribution in [0, 0.1) is 0 Å². The Morgan fingerprint density at radius 1 is 1.26 bits per heavy atom. The lowest BCUT2D eigenvalue weighted by Crippen LogP contribution is -2.29. The largest absolute Gasteiger partial charge is 0.477 e. The van der Waals surface area contributed by atoms with Gasteiger partial charge in [0.25, 0.3) is 0 Å². The van der Waals surface area contributed by atoms with E-state index < -0.39 is 10.0 Å². The quantitative estimate of drug-likeness (QED) is 0.835. The molecule has 0 saturated carbocycles. The van der Waals surface area contributed by atoms with Crippen LogP contribution in [0.15, 0.2) is 30.1 Å². The van der Waals surface area contributed by atoms with E-state index in [2.05, 4.69) is 19.9 Å². The molecule has 0 amide bonds. The predicted molar refractivity (Wildman–Crippen MR) is 76.0 cm³/mol. The minimum atomic E-state index is -3.32. The normalized spacial score (nSPS) is 17.8. The van der Waals surface area contributed by atoms with E-state index in [4.69, 9.17) is 4.74 Å². The van der Waals surface area contributed by atoms with E-state index in [0.29, 0.717) is 12.5 Å². The highest BCUT2D eigenvalue weighted by atomic mass is 32.2. The maximum Gasteiger partial charge on any atom is 0.234 e. The SMILES string of the molecule is CN(C1=Cc2ccccc2C(C)(C)CO1)S(C)(=O)=O. The number of rotatable bonds is 2. The van der Waals surface area contributed by atoms with E-state index in [0.717, 1.165) is 11.1 Å². The summed E-state index contributed by atoms with van der Waals surface area (Å²) in [5.41, 5.74) is 2.00. The minimum Gasteiger partial charge on any atom is -0.477 e. The molecule has 4 nitrogen and oxygen atoms in total. The average Bonchev–Trinajstić information content (AvgIpc) is 2.45. The summed E-state index contributed by atoms with van der Waals surface area (Å²) in [7, 11) is -1.82. The minimum absolute atomic E-state index is 0.160. The molecule has 2 rings (SSSR count). The number of hydrogen-bond donors (Lipinski definition) is 0. The van der Waals surface area contributed by atoms with Crippen molar-refractivity contribution in [1.29, 1.82) is 0 Å². The fraction of sp³-hybridized carbons (Fsp3) is 0.429. The third-order valence-corrected chi connectivity index (χ3v) is 4.53. The Hall–Kier alpha value is -1.49. The van der Waals surface area contributed by atoms with Crippen molar-refractivity contribution in [3.05, 3.63) is 41.3 Å². The highest BCUT2D eigenvalue weighted by Gasteiger charge is 2.29. The van der Waals surface area contributed by atoms with Gasteiger partial charge in [-0.25, -0.2) is 12.7 Å². The van der Waals surface area contributed by atoms with Crippen molar-refractivity contribution < 1.29 is 13.2 Å². The van der Waals surface area contributed by atoms with Gasteiger partial charge in [0.05, 0.1) is 12.9 Å². The molecule has 0 aromatic heterocycles. The standard InChI is InChI=1S/C14H19NO3S/c1-14(2)10-18-13(15(3)19(4,16)17)9-11-7-5-6-8-12(11)14/h5-9H,10H2,1-4H3. The molecule has 0 N–H and O–H groups in total. The zero-order valence-corrected chi connectivity index (χ0v) is 12.5. The molecular formula is C14H19NO3S. The molecule has 0 saturated heterocycles. The van der Waals surface area contributed by atoms with Crippen LogP contribution in [0.25, 0.3) is 6.08 Å². The van der Waals surface area contributed by atoms with Crippen molar-refractivity contribution in [2.45, 2.75) is 19.3 Å². The average molecular weight is 281 g/mol. The van der Waals surface area contributed by atoms with E-state index in [1.54, 1.807) is 6.08 Å². The second-order valence-corrected chi connectivity index (χ2v) is 7.49. The van der Waals surface area contributed by atoms with Gasteiger partial charge < -0.3 is 4.74 Å². The third-order valence-electron chi connectivity index (χ3n) is 3.36. The van der Waals surface area contributed by atoms with Crippen LogP contribution < -0.4 is 0 Å². The molecule has 1 aromatic carbocycles. The summed E-state index contributed by atoms with van der Waals surface area (Å²) in [6.07, 6.45) is 2.95. The van der Waals surface area contributed by atoms with E-state index in [9.17, 15) is 8.42 Å². The van der Waals surface area contributed by atoms with Crippen LogP contribution in [-0.2, 0) is 20.2 Å². The summed E-state index contributed by atoms with van der Waals surface area (Å²) in [4.78, 5) is 0. The predicted octanol–water partition coefficient (Wildman–Crippen LogP) is 2.18. The van der Waals surface area contributed by atoms with Gasteiger partial charge in [-0.1, -0.05) is 38.1 Å². The number of sulfonamides is 1. The van der Waals surface area contributed by atoms with Crippen LogP contribution in [0.5, 0.6) is 0 Å². The first-order valence-corrected chi connectivity index (χ1v) is 7.94. The van der Waals surface area contributed by atoms with Gasteiger partial charge in [-0.05, 0) is 11.1 Å². The fourth-order valence-electron chi connectivity index (χ4n) is 2.09. The fourth-order valence-corrected chi connectivity index (χ4v) is 2.52. The van der Waals surface area contributed by atoms with Gasteiger partial charge in [0.2, 0.25) is 15.9 Å². The Morgan fingerprint density at radius 3 is 2.53 bits per heavy atom. The molecule has 1 aromatic rings. The zero-order valence-electron chi connectivity index (χ0n) is 11.7. The highest BCUT2D eigenvalue weighted by molar-refractivity contribution is 7.88. The molecule has 0 unspecified atom stereocenters. The summed E-state index contributed by atoms with van der Waals surface area (Å²) in [6, 6.07) is 7.95. The Kier molecular flexibility index (Phi) is 3.34. The summed E-state index contributed by atoms with van der Waals surface area (Å²) < 4.78 is 30.1. The molecule has 0 fully saturated rings. The summed E-state index contributed by atoms with van der Waals surface area (Å²) >= 11 is 0. The van der Waals surface area contributed by atoms with Crippen molar-refractivity contribution in [2.75, 3.05) is 19.9 Å². The molecule has 0 aliphatic carbocycles. The lowest BCUT2D eigenvalue weighted by molar-refractivity contribution is 0.127. The van der Waals surface area contributed by atoms with Crippen LogP contribution >= 0.6 is 0 Å². The van der Waals surface area contributed by atoms with Crippen LogP contribution in [0.2, 0.25) is 0 Å². The summed E-state index contributed by atoms with van der Waals surface area (Å²) in [5.74, 6) is 0.362. The summed E-state index contributed by atoms with van der Waals surface area (Å²) in [6.45, 7) is 4.61. The van der Waals surface area contributed by atoms with Crippen molar-refractivity contribution in [3.63, 3.8) is 0 Å². The van der Waals surface area contributed by atoms with Gasteiger partial charge in [-0.3, -0.25) is 0 Å². The maximum absolute atomic E-state index is 11.6. The highest BCUT2D eigenvalue weighted by Crippen LogP contribution is 2.32. The molecule has 0 atom stereocenters. The second kappa shape index (κ2) is 4.56. The Balaban J connectivity index is 2.52. The van der Waals surface area contributed by atoms with E-state index in [1.807, 2.05) is 18.2 Å². The monoisotopic (exact) mass is 281 g/mol. The Morgan fingerprint density at radius 2 is 1.89 bits per heavy atom. The van der Waals surface area contributed by atoms with Gasteiger partial charge in [-0.2, -0.15) is 0 Å². The molecule has 0 radical (unpaired) electrons. The van der Waals surface area contributed by atoms with Crippen molar-refractivity contribution in [3.8, 4) is 0 Å². The topological polar surface area (TPSA) is 46.6 Å². The van der Waals surface area contributed by atoms with Crippen molar-refractivity contribution >= 4 is 16.1 Å². The molecule has 1 aliphatic rings. The van der Waals surface area contributed by atoms with Crippen LogP contribution in [0.4, 0.5) is 0 Å².